The second-order valence-electron chi connectivity index (χ2n) is 3.04. The molecule has 2 heterocycles. The third kappa shape index (κ3) is 2.27. The molecule has 15 heavy (non-hydrogen) atoms. The molecule has 78 valence electrons. The summed E-state index contributed by atoms with van der Waals surface area (Å²) < 4.78 is 5.75. The zero-order valence-corrected chi connectivity index (χ0v) is 9.58. The average molecular weight is 269 g/mol. The topological polar surface area (TPSA) is 77.0 Å². The van der Waals surface area contributed by atoms with Crippen LogP contribution in [0.25, 0.3) is 0 Å². The molecule has 0 fully saturated rings. The zero-order chi connectivity index (χ0) is 10.8. The van der Waals surface area contributed by atoms with Gasteiger partial charge in [-0.15, -0.1) is 0 Å². The van der Waals surface area contributed by atoms with Crippen molar-refractivity contribution in [3.05, 3.63) is 28.6 Å². The second kappa shape index (κ2) is 3.90. The summed E-state index contributed by atoms with van der Waals surface area (Å²) in [5.74, 6) is 1.88. The standard InChI is InChI=1S/C9H9BrN4O/c1-5-2-8(14-15-5)13-9-7(11)3-6(10)4-12-9/h2-4H,11H2,1H3,(H,12,13,14). The van der Waals surface area contributed by atoms with Crippen molar-refractivity contribution in [3.63, 3.8) is 0 Å². The Labute approximate surface area is 94.8 Å². The summed E-state index contributed by atoms with van der Waals surface area (Å²) in [4.78, 5) is 4.12. The van der Waals surface area contributed by atoms with Gasteiger partial charge in [0.05, 0.1) is 5.69 Å². The lowest BCUT2D eigenvalue weighted by Crippen LogP contribution is -1.98. The zero-order valence-electron chi connectivity index (χ0n) is 7.99. The number of hydrogen-bond donors (Lipinski definition) is 2. The minimum Gasteiger partial charge on any atom is -0.396 e. The predicted octanol–water partition coefficient (Wildman–Crippen LogP) is 2.47. The monoisotopic (exact) mass is 268 g/mol. The van der Waals surface area contributed by atoms with Gasteiger partial charge in [0.25, 0.3) is 0 Å². The van der Waals surface area contributed by atoms with Crippen molar-refractivity contribution in [2.45, 2.75) is 6.92 Å². The molecule has 0 amide bonds. The molecule has 2 rings (SSSR count). The summed E-state index contributed by atoms with van der Waals surface area (Å²) in [6.45, 7) is 1.82. The first kappa shape index (κ1) is 9.97. The molecule has 0 aliphatic heterocycles. The van der Waals surface area contributed by atoms with Crippen LogP contribution in [0.15, 0.2) is 27.3 Å². The van der Waals surface area contributed by atoms with Gasteiger partial charge in [0, 0.05) is 16.7 Å². The molecule has 0 saturated heterocycles. The van der Waals surface area contributed by atoms with E-state index in [1.54, 1.807) is 18.3 Å². The maximum absolute atomic E-state index is 5.76. The van der Waals surface area contributed by atoms with Crippen LogP contribution in [0.1, 0.15) is 5.76 Å². The third-order valence-electron chi connectivity index (χ3n) is 1.76. The number of aryl methyl sites for hydroxylation is 1. The number of aromatic nitrogens is 2. The molecular formula is C9H9BrN4O. The smallest absolute Gasteiger partial charge is 0.175 e. The van der Waals surface area contributed by atoms with Gasteiger partial charge in [-0.25, -0.2) is 4.98 Å². The summed E-state index contributed by atoms with van der Waals surface area (Å²) >= 11 is 3.28. The van der Waals surface area contributed by atoms with Crippen molar-refractivity contribution >= 4 is 33.3 Å². The van der Waals surface area contributed by atoms with Gasteiger partial charge >= 0.3 is 0 Å². The molecule has 3 N–H and O–H groups in total. The first-order valence-corrected chi connectivity index (χ1v) is 5.06. The van der Waals surface area contributed by atoms with Gasteiger partial charge in [-0.05, 0) is 28.9 Å². The number of nitrogen functional groups attached to an aromatic ring is 1. The number of nitrogens with one attached hydrogen (secondary N) is 1. The van der Waals surface area contributed by atoms with E-state index in [1.165, 1.54) is 0 Å². The molecule has 2 aromatic heterocycles. The second-order valence-corrected chi connectivity index (χ2v) is 3.95. The molecule has 5 nitrogen and oxygen atoms in total. The first-order chi connectivity index (χ1) is 7.15. The highest BCUT2D eigenvalue weighted by Crippen LogP contribution is 2.23. The van der Waals surface area contributed by atoms with E-state index in [0.29, 0.717) is 17.3 Å². The Balaban J connectivity index is 2.24. The number of rotatable bonds is 2. The maximum Gasteiger partial charge on any atom is 0.175 e. The van der Waals surface area contributed by atoms with Crippen LogP contribution in [0.5, 0.6) is 0 Å². The molecule has 0 aliphatic carbocycles. The fourth-order valence-electron chi connectivity index (χ4n) is 1.11. The summed E-state index contributed by atoms with van der Waals surface area (Å²) in [5.41, 5.74) is 6.31. The van der Waals surface area contributed by atoms with Gasteiger partial charge in [0.15, 0.2) is 11.6 Å². The SMILES string of the molecule is Cc1cc(Nc2ncc(Br)cc2N)no1. The van der Waals surface area contributed by atoms with Crippen LogP contribution in [0.3, 0.4) is 0 Å². The fourth-order valence-corrected chi connectivity index (χ4v) is 1.46. The number of nitrogens with zero attached hydrogens (tertiary/aromatic N) is 2. The molecule has 0 aliphatic rings. The van der Waals surface area contributed by atoms with E-state index in [2.05, 4.69) is 31.4 Å². The van der Waals surface area contributed by atoms with E-state index < -0.39 is 0 Å². The molecule has 0 spiro atoms. The predicted molar refractivity (Wildman–Crippen MR) is 60.9 cm³/mol. The third-order valence-corrected chi connectivity index (χ3v) is 2.19. The Bertz CT molecular complexity index is 483. The van der Waals surface area contributed by atoms with Crippen LogP contribution in [-0.2, 0) is 0 Å². The van der Waals surface area contributed by atoms with Crippen LogP contribution < -0.4 is 11.1 Å². The van der Waals surface area contributed by atoms with Gasteiger partial charge in [-0.2, -0.15) is 0 Å². The summed E-state index contributed by atoms with van der Waals surface area (Å²) in [5, 5.41) is 6.74. The van der Waals surface area contributed by atoms with Crippen LogP contribution >= 0.6 is 15.9 Å². The fraction of sp³-hybridized carbons (Fsp3) is 0.111. The van der Waals surface area contributed by atoms with E-state index in [9.17, 15) is 0 Å². The van der Waals surface area contributed by atoms with E-state index in [-0.39, 0.29) is 0 Å². The Kier molecular flexibility index (Phi) is 2.59. The lowest BCUT2D eigenvalue weighted by atomic mass is 10.4. The van der Waals surface area contributed by atoms with E-state index in [4.69, 9.17) is 10.3 Å². The number of pyridine rings is 1. The van der Waals surface area contributed by atoms with Crippen LogP contribution in [-0.4, -0.2) is 10.1 Å². The molecule has 2 aromatic rings. The maximum atomic E-state index is 5.76. The van der Waals surface area contributed by atoms with Gasteiger partial charge in [0.2, 0.25) is 0 Å². The van der Waals surface area contributed by atoms with Gasteiger partial charge < -0.3 is 15.6 Å². The molecule has 0 atom stereocenters. The molecule has 6 heteroatoms. The van der Waals surface area contributed by atoms with Crippen molar-refractivity contribution in [1.82, 2.24) is 10.1 Å². The Morgan fingerprint density at radius 1 is 1.47 bits per heavy atom. The average Bonchev–Trinajstić information content (AvgIpc) is 2.56. The number of anilines is 3. The highest BCUT2D eigenvalue weighted by Gasteiger charge is 2.05. The van der Waals surface area contributed by atoms with Crippen molar-refractivity contribution in [3.8, 4) is 0 Å². The molecule has 0 unspecified atom stereocenters. The van der Waals surface area contributed by atoms with Crippen molar-refractivity contribution in [2.24, 2.45) is 0 Å². The first-order valence-electron chi connectivity index (χ1n) is 4.26. The Morgan fingerprint density at radius 2 is 2.27 bits per heavy atom. The quantitative estimate of drug-likeness (QED) is 0.875. The molecule has 0 bridgehead atoms. The van der Waals surface area contributed by atoms with Gasteiger partial charge in [-0.1, -0.05) is 5.16 Å². The van der Waals surface area contributed by atoms with E-state index in [1.807, 2.05) is 6.92 Å². The minimum atomic E-state index is 0.546. The van der Waals surface area contributed by atoms with Crippen molar-refractivity contribution < 1.29 is 4.52 Å². The lowest BCUT2D eigenvalue weighted by molar-refractivity contribution is 0.400. The lowest BCUT2D eigenvalue weighted by Gasteiger charge is -2.04. The van der Waals surface area contributed by atoms with Crippen LogP contribution in [0.4, 0.5) is 17.3 Å². The van der Waals surface area contributed by atoms with E-state index in [0.717, 1.165) is 10.2 Å². The van der Waals surface area contributed by atoms with Crippen LogP contribution in [0.2, 0.25) is 0 Å². The summed E-state index contributed by atoms with van der Waals surface area (Å²) in [7, 11) is 0. The largest absolute Gasteiger partial charge is 0.396 e. The number of halogens is 1. The van der Waals surface area contributed by atoms with E-state index >= 15 is 0 Å². The molecular weight excluding hydrogens is 260 g/mol. The Morgan fingerprint density at radius 3 is 2.87 bits per heavy atom. The van der Waals surface area contributed by atoms with Gasteiger partial charge in [0.1, 0.15) is 5.76 Å². The normalized spacial score (nSPS) is 10.3. The Hall–Kier alpha value is -1.56. The highest BCUT2D eigenvalue weighted by atomic mass is 79.9. The molecule has 0 radical (unpaired) electrons. The van der Waals surface area contributed by atoms with Gasteiger partial charge in [-0.3, -0.25) is 0 Å². The minimum absolute atomic E-state index is 0.546. The van der Waals surface area contributed by atoms with Crippen molar-refractivity contribution in [2.75, 3.05) is 11.1 Å². The highest BCUT2D eigenvalue weighted by molar-refractivity contribution is 9.10. The van der Waals surface area contributed by atoms with Crippen LogP contribution in [0, 0.1) is 6.92 Å². The molecule has 0 aromatic carbocycles. The molecule has 0 saturated carbocycles. The number of hydrogen-bond acceptors (Lipinski definition) is 5. The summed E-state index contributed by atoms with van der Waals surface area (Å²) in [6.07, 6.45) is 1.66. The summed E-state index contributed by atoms with van der Waals surface area (Å²) in [6, 6.07) is 3.53. The number of nitrogens with two attached hydrogens (primary N) is 1. The van der Waals surface area contributed by atoms with Crippen molar-refractivity contribution in [1.29, 1.82) is 0 Å².